The van der Waals surface area contributed by atoms with Gasteiger partial charge in [-0.25, -0.2) is 0 Å². The highest BCUT2D eigenvalue weighted by Crippen LogP contribution is 2.16. The first-order chi connectivity index (χ1) is 14.1. The lowest BCUT2D eigenvalue weighted by molar-refractivity contribution is 0.0941. The van der Waals surface area contributed by atoms with Crippen molar-refractivity contribution in [2.24, 2.45) is 0 Å². The first-order valence-corrected chi connectivity index (χ1v) is 10.3. The SMILES string of the molecule is CCN1CCCC1CNC(=O)c1ccc2c(=O)n(Cc3ccco3)c(=S)[nH]c2c1. The molecule has 4 rings (SSSR count). The number of H-pyrrole nitrogens is 1. The van der Waals surface area contributed by atoms with E-state index in [0.29, 0.717) is 39.6 Å². The Hall–Kier alpha value is -2.71. The second-order valence-electron chi connectivity index (χ2n) is 7.30. The van der Waals surface area contributed by atoms with E-state index < -0.39 is 0 Å². The summed E-state index contributed by atoms with van der Waals surface area (Å²) in [4.78, 5) is 30.9. The Morgan fingerprint density at radius 2 is 2.24 bits per heavy atom. The van der Waals surface area contributed by atoms with Crippen LogP contribution in [0.2, 0.25) is 0 Å². The van der Waals surface area contributed by atoms with Gasteiger partial charge in [-0.3, -0.25) is 19.1 Å². The molecule has 1 aromatic carbocycles. The second-order valence-corrected chi connectivity index (χ2v) is 7.68. The van der Waals surface area contributed by atoms with E-state index in [9.17, 15) is 9.59 Å². The molecule has 1 atom stereocenters. The van der Waals surface area contributed by atoms with Gasteiger partial charge in [-0.05, 0) is 68.5 Å². The molecule has 3 heterocycles. The zero-order chi connectivity index (χ0) is 20.4. The Kier molecular flexibility index (Phi) is 5.64. The standard InChI is InChI=1S/C21H24N4O3S/c1-2-24-9-3-5-15(24)12-22-19(26)14-7-8-17-18(11-14)23-21(29)25(20(17)27)13-16-6-4-10-28-16/h4,6-8,10-11,15H,2-3,5,9,12-13H2,1H3,(H,22,26)(H,23,29). The first kappa shape index (κ1) is 19.6. The van der Waals surface area contributed by atoms with Crippen LogP contribution in [0.1, 0.15) is 35.9 Å². The average molecular weight is 413 g/mol. The Bertz CT molecular complexity index is 1130. The summed E-state index contributed by atoms with van der Waals surface area (Å²) < 4.78 is 7.07. The summed E-state index contributed by atoms with van der Waals surface area (Å²) in [5, 5.41) is 3.51. The zero-order valence-electron chi connectivity index (χ0n) is 16.3. The van der Waals surface area contributed by atoms with Crippen molar-refractivity contribution in [2.75, 3.05) is 19.6 Å². The minimum absolute atomic E-state index is 0.145. The number of furan rings is 1. The van der Waals surface area contributed by atoms with Crippen molar-refractivity contribution in [1.29, 1.82) is 0 Å². The molecule has 2 aromatic heterocycles. The number of nitrogens with one attached hydrogen (secondary N) is 2. The third-order valence-electron chi connectivity index (χ3n) is 5.54. The van der Waals surface area contributed by atoms with E-state index in [-0.39, 0.29) is 18.0 Å². The fourth-order valence-electron chi connectivity index (χ4n) is 3.95. The molecule has 1 aliphatic rings. The molecule has 0 spiro atoms. The van der Waals surface area contributed by atoms with Gasteiger partial charge in [0.2, 0.25) is 0 Å². The van der Waals surface area contributed by atoms with Crippen molar-refractivity contribution in [3.8, 4) is 0 Å². The quantitative estimate of drug-likeness (QED) is 0.609. The predicted octanol–water partition coefficient (Wildman–Crippen LogP) is 2.91. The second kappa shape index (κ2) is 8.34. The molecule has 7 nitrogen and oxygen atoms in total. The molecule has 2 N–H and O–H groups in total. The smallest absolute Gasteiger partial charge is 0.262 e. The van der Waals surface area contributed by atoms with Crippen molar-refractivity contribution >= 4 is 29.0 Å². The lowest BCUT2D eigenvalue weighted by Gasteiger charge is -2.22. The maximum atomic E-state index is 12.9. The van der Waals surface area contributed by atoms with Crippen LogP contribution in [-0.2, 0) is 6.54 Å². The van der Waals surface area contributed by atoms with Crippen LogP contribution in [0.3, 0.4) is 0 Å². The number of fused-ring (bicyclic) bond motifs is 1. The van der Waals surface area contributed by atoms with Gasteiger partial charge < -0.3 is 14.7 Å². The fourth-order valence-corrected chi connectivity index (χ4v) is 4.21. The van der Waals surface area contributed by atoms with Crippen LogP contribution in [0.5, 0.6) is 0 Å². The molecule has 0 bridgehead atoms. The number of carbonyl (C=O) groups excluding carboxylic acids is 1. The van der Waals surface area contributed by atoms with Gasteiger partial charge in [-0.2, -0.15) is 0 Å². The van der Waals surface area contributed by atoms with Crippen molar-refractivity contribution in [2.45, 2.75) is 32.4 Å². The van der Waals surface area contributed by atoms with Crippen molar-refractivity contribution in [3.63, 3.8) is 0 Å². The summed E-state index contributed by atoms with van der Waals surface area (Å²) in [6.45, 7) is 5.12. The molecule has 29 heavy (non-hydrogen) atoms. The molecular formula is C21H24N4O3S. The predicted molar refractivity (Wildman–Crippen MR) is 114 cm³/mol. The molecule has 1 saturated heterocycles. The number of rotatable bonds is 6. The van der Waals surface area contributed by atoms with Crippen LogP contribution in [0.25, 0.3) is 10.9 Å². The molecule has 1 amide bonds. The number of benzene rings is 1. The number of aromatic nitrogens is 2. The lowest BCUT2D eigenvalue weighted by atomic mass is 10.1. The van der Waals surface area contributed by atoms with Gasteiger partial charge in [-0.1, -0.05) is 6.92 Å². The van der Waals surface area contributed by atoms with Gasteiger partial charge >= 0.3 is 0 Å². The van der Waals surface area contributed by atoms with Crippen LogP contribution in [0, 0.1) is 4.77 Å². The van der Waals surface area contributed by atoms with Crippen LogP contribution in [0.4, 0.5) is 0 Å². The summed E-state index contributed by atoms with van der Waals surface area (Å²) in [6, 6.07) is 8.99. The molecular weight excluding hydrogens is 388 g/mol. The van der Waals surface area contributed by atoms with Gasteiger partial charge in [0.25, 0.3) is 11.5 Å². The maximum absolute atomic E-state index is 12.9. The Morgan fingerprint density at radius 3 is 3.00 bits per heavy atom. The van der Waals surface area contributed by atoms with Crippen molar-refractivity contribution in [3.05, 3.63) is 63.0 Å². The van der Waals surface area contributed by atoms with Crippen molar-refractivity contribution in [1.82, 2.24) is 19.8 Å². The molecule has 1 fully saturated rings. The number of hydrogen-bond donors (Lipinski definition) is 2. The molecule has 0 aliphatic carbocycles. The molecule has 1 aliphatic heterocycles. The topological polar surface area (TPSA) is 83.3 Å². The number of amides is 1. The minimum atomic E-state index is -0.211. The highest BCUT2D eigenvalue weighted by molar-refractivity contribution is 7.71. The fraction of sp³-hybridized carbons (Fsp3) is 0.381. The Balaban J connectivity index is 1.55. The Morgan fingerprint density at radius 1 is 1.38 bits per heavy atom. The van der Waals surface area contributed by atoms with E-state index >= 15 is 0 Å². The highest BCUT2D eigenvalue weighted by atomic mass is 32.1. The normalized spacial score (nSPS) is 17.1. The van der Waals surface area contributed by atoms with Gasteiger partial charge in [-0.15, -0.1) is 0 Å². The summed E-state index contributed by atoms with van der Waals surface area (Å²) in [5.41, 5.74) is 0.850. The van der Waals surface area contributed by atoms with Crippen LogP contribution >= 0.6 is 12.2 Å². The lowest BCUT2D eigenvalue weighted by Crippen LogP contribution is -2.40. The van der Waals surface area contributed by atoms with E-state index in [1.807, 2.05) is 0 Å². The summed E-state index contributed by atoms with van der Waals surface area (Å²) >= 11 is 5.36. The van der Waals surface area contributed by atoms with Gasteiger partial charge in [0.1, 0.15) is 5.76 Å². The van der Waals surface area contributed by atoms with Gasteiger partial charge in [0.15, 0.2) is 4.77 Å². The number of nitrogens with zero attached hydrogens (tertiary/aromatic N) is 2. The van der Waals surface area contributed by atoms with E-state index in [0.717, 1.165) is 19.5 Å². The van der Waals surface area contributed by atoms with Gasteiger partial charge in [0, 0.05) is 18.2 Å². The third kappa shape index (κ3) is 4.04. The van der Waals surface area contributed by atoms with Crippen LogP contribution < -0.4 is 10.9 Å². The van der Waals surface area contributed by atoms with Crippen molar-refractivity contribution < 1.29 is 9.21 Å². The Labute approximate surface area is 173 Å². The molecule has 3 aromatic rings. The van der Waals surface area contributed by atoms with Gasteiger partial charge in [0.05, 0.1) is 23.7 Å². The maximum Gasteiger partial charge on any atom is 0.262 e. The third-order valence-corrected chi connectivity index (χ3v) is 5.86. The number of aromatic amines is 1. The molecule has 1 unspecified atom stereocenters. The zero-order valence-corrected chi connectivity index (χ0v) is 17.1. The van der Waals surface area contributed by atoms with E-state index in [1.165, 1.54) is 11.0 Å². The van der Waals surface area contributed by atoms with E-state index in [1.54, 1.807) is 36.6 Å². The molecule has 152 valence electrons. The molecule has 8 heteroatoms. The highest BCUT2D eigenvalue weighted by Gasteiger charge is 2.23. The number of hydrogen-bond acceptors (Lipinski definition) is 5. The van der Waals surface area contributed by atoms with Crippen LogP contribution in [0.15, 0.2) is 45.8 Å². The number of likely N-dealkylation sites (tertiary alicyclic amines) is 1. The largest absolute Gasteiger partial charge is 0.467 e. The minimum Gasteiger partial charge on any atom is -0.467 e. The number of carbonyl (C=O) groups is 1. The molecule has 0 radical (unpaired) electrons. The summed E-state index contributed by atoms with van der Waals surface area (Å²) in [7, 11) is 0. The monoisotopic (exact) mass is 412 g/mol. The van der Waals surface area contributed by atoms with E-state index in [4.69, 9.17) is 16.6 Å². The summed E-state index contributed by atoms with van der Waals surface area (Å²) in [6.07, 6.45) is 3.84. The van der Waals surface area contributed by atoms with E-state index in [2.05, 4.69) is 22.1 Å². The average Bonchev–Trinajstić information content (AvgIpc) is 3.40. The van der Waals surface area contributed by atoms with Crippen LogP contribution in [-0.4, -0.2) is 46.0 Å². The first-order valence-electron chi connectivity index (χ1n) is 9.88. The number of likely N-dealkylation sites (N-methyl/N-ethyl adjacent to an activating group) is 1. The molecule has 0 saturated carbocycles. The summed E-state index contributed by atoms with van der Waals surface area (Å²) in [5.74, 6) is 0.504.